The average molecular weight is 180 g/mol. The normalized spacial score (nSPS) is 39.5. The van der Waals surface area contributed by atoms with Crippen LogP contribution in [0.5, 0.6) is 0 Å². The summed E-state index contributed by atoms with van der Waals surface area (Å²) < 4.78 is 0. The first-order valence-corrected chi connectivity index (χ1v) is 6.29. The zero-order chi connectivity index (χ0) is 9.26. The van der Waals surface area contributed by atoms with Gasteiger partial charge in [-0.3, -0.25) is 0 Å². The van der Waals surface area contributed by atoms with Crippen LogP contribution in [-0.2, 0) is 0 Å². The lowest BCUT2D eigenvalue weighted by atomic mass is 10.0. The number of hydrogen-bond acceptors (Lipinski definition) is 0. The lowest BCUT2D eigenvalue weighted by Crippen LogP contribution is -1.91. The van der Waals surface area contributed by atoms with Gasteiger partial charge in [0.2, 0.25) is 0 Å². The van der Waals surface area contributed by atoms with E-state index in [1.165, 1.54) is 32.1 Å². The topological polar surface area (TPSA) is 0 Å². The molecule has 0 N–H and O–H groups in total. The van der Waals surface area contributed by atoms with Crippen molar-refractivity contribution in [3.05, 3.63) is 0 Å². The van der Waals surface area contributed by atoms with E-state index in [-0.39, 0.29) is 0 Å². The smallest absolute Gasteiger partial charge is 0.0349 e. The van der Waals surface area contributed by atoms with E-state index in [0.717, 1.165) is 23.7 Å². The van der Waals surface area contributed by atoms with Gasteiger partial charge in [-0.1, -0.05) is 39.5 Å². The van der Waals surface area contributed by atoms with E-state index in [1.54, 1.807) is 12.8 Å². The Morgan fingerprint density at radius 3 is 1.92 bits per heavy atom. The van der Waals surface area contributed by atoms with Crippen molar-refractivity contribution in [2.24, 2.45) is 23.7 Å². The first-order chi connectivity index (χ1) is 6.29. The summed E-state index contributed by atoms with van der Waals surface area (Å²) >= 11 is 0. The van der Waals surface area contributed by atoms with Crippen molar-refractivity contribution < 1.29 is 0 Å². The second-order valence-electron chi connectivity index (χ2n) is 5.61. The van der Waals surface area contributed by atoms with E-state index in [0.29, 0.717) is 0 Å². The average Bonchev–Trinajstić information content (AvgIpc) is 2.58. The Morgan fingerprint density at radius 1 is 0.923 bits per heavy atom. The van der Waals surface area contributed by atoms with Gasteiger partial charge in [-0.05, 0) is 42.9 Å². The van der Waals surface area contributed by atoms with Gasteiger partial charge in [0.25, 0.3) is 0 Å². The highest BCUT2D eigenvalue weighted by molar-refractivity contribution is 4.97. The van der Waals surface area contributed by atoms with Crippen molar-refractivity contribution >= 4 is 0 Å². The van der Waals surface area contributed by atoms with Crippen LogP contribution >= 0.6 is 0 Å². The second-order valence-corrected chi connectivity index (χ2v) is 5.61. The lowest BCUT2D eigenvalue weighted by molar-refractivity contribution is 0.485. The molecule has 0 spiro atoms. The van der Waals surface area contributed by atoms with Gasteiger partial charge in [0.1, 0.15) is 0 Å². The summed E-state index contributed by atoms with van der Waals surface area (Å²) in [5.41, 5.74) is 0. The molecule has 0 amide bonds. The van der Waals surface area contributed by atoms with Gasteiger partial charge in [-0.15, -0.1) is 0 Å². The van der Waals surface area contributed by atoms with E-state index in [1.807, 2.05) is 0 Å². The highest BCUT2D eigenvalue weighted by Gasteiger charge is 2.48. The molecule has 0 aromatic carbocycles. The molecule has 0 aliphatic heterocycles. The van der Waals surface area contributed by atoms with Crippen LogP contribution in [0.3, 0.4) is 0 Å². The molecule has 0 heterocycles. The molecule has 2 aliphatic carbocycles. The fourth-order valence-corrected chi connectivity index (χ4v) is 3.39. The third kappa shape index (κ3) is 2.27. The van der Waals surface area contributed by atoms with Crippen molar-refractivity contribution in [3.8, 4) is 0 Å². The van der Waals surface area contributed by atoms with Gasteiger partial charge >= 0.3 is 0 Å². The maximum atomic E-state index is 2.38. The van der Waals surface area contributed by atoms with Crippen molar-refractivity contribution in [3.63, 3.8) is 0 Å². The maximum absolute atomic E-state index is 2.38. The zero-order valence-corrected chi connectivity index (χ0v) is 9.26. The highest BCUT2D eigenvalue weighted by Crippen LogP contribution is 2.56. The Balaban J connectivity index is 1.81. The van der Waals surface area contributed by atoms with Gasteiger partial charge in [-0.2, -0.15) is 0 Å². The number of hydrogen-bond donors (Lipinski definition) is 0. The van der Waals surface area contributed by atoms with Crippen molar-refractivity contribution in [2.75, 3.05) is 0 Å². The quantitative estimate of drug-likeness (QED) is 0.596. The zero-order valence-electron chi connectivity index (χ0n) is 9.26. The monoisotopic (exact) mass is 180 g/mol. The maximum Gasteiger partial charge on any atom is -0.0349 e. The van der Waals surface area contributed by atoms with E-state index in [2.05, 4.69) is 13.8 Å². The first-order valence-electron chi connectivity index (χ1n) is 6.29. The van der Waals surface area contributed by atoms with E-state index in [4.69, 9.17) is 0 Å². The molecule has 13 heavy (non-hydrogen) atoms. The standard InChI is InChI=1S/C13H24/c1-10(2)9-13-11-7-5-3-4-6-8-12(11)13/h10-13H,3-9H2,1-2H3. The van der Waals surface area contributed by atoms with Gasteiger partial charge in [-0.25, -0.2) is 0 Å². The summed E-state index contributed by atoms with van der Waals surface area (Å²) in [5.74, 6) is 4.38. The van der Waals surface area contributed by atoms with Crippen LogP contribution in [0.15, 0.2) is 0 Å². The van der Waals surface area contributed by atoms with Gasteiger partial charge in [0.15, 0.2) is 0 Å². The van der Waals surface area contributed by atoms with E-state index in [9.17, 15) is 0 Å². The molecule has 2 aliphatic rings. The molecule has 0 nitrogen and oxygen atoms in total. The summed E-state index contributed by atoms with van der Waals surface area (Å²) in [7, 11) is 0. The highest BCUT2D eigenvalue weighted by atomic mass is 14.5. The molecule has 2 unspecified atom stereocenters. The van der Waals surface area contributed by atoms with Crippen molar-refractivity contribution in [2.45, 2.75) is 58.8 Å². The van der Waals surface area contributed by atoms with Gasteiger partial charge < -0.3 is 0 Å². The molecule has 2 atom stereocenters. The Bertz CT molecular complexity index is 145. The van der Waals surface area contributed by atoms with Crippen LogP contribution in [0.1, 0.15) is 58.8 Å². The Labute approximate surface area is 83.1 Å². The predicted molar refractivity (Wildman–Crippen MR) is 57.6 cm³/mol. The molecular weight excluding hydrogens is 156 g/mol. The van der Waals surface area contributed by atoms with E-state index >= 15 is 0 Å². The Hall–Kier alpha value is 0. The molecule has 0 aromatic rings. The number of rotatable bonds is 2. The van der Waals surface area contributed by atoms with Crippen molar-refractivity contribution in [1.82, 2.24) is 0 Å². The molecule has 0 aromatic heterocycles. The molecule has 0 bridgehead atoms. The Kier molecular flexibility index (Phi) is 2.96. The molecule has 2 saturated carbocycles. The van der Waals surface area contributed by atoms with Crippen LogP contribution < -0.4 is 0 Å². The summed E-state index contributed by atoms with van der Waals surface area (Å²) in [6, 6.07) is 0. The second kappa shape index (κ2) is 4.02. The summed E-state index contributed by atoms with van der Waals surface area (Å²) in [6.45, 7) is 4.76. The predicted octanol–water partition coefficient (Wildman–Crippen LogP) is 4.25. The van der Waals surface area contributed by atoms with Crippen LogP contribution in [0, 0.1) is 23.7 Å². The molecule has 76 valence electrons. The SMILES string of the molecule is CC(C)CC1C2CCCCCCC21. The minimum atomic E-state index is 0.929. The lowest BCUT2D eigenvalue weighted by Gasteiger charge is -2.05. The molecule has 2 fully saturated rings. The van der Waals surface area contributed by atoms with Gasteiger partial charge in [0, 0.05) is 0 Å². The fraction of sp³-hybridized carbons (Fsp3) is 1.00. The van der Waals surface area contributed by atoms with Crippen LogP contribution in [-0.4, -0.2) is 0 Å². The molecule has 2 rings (SSSR count). The minimum Gasteiger partial charge on any atom is -0.0628 e. The van der Waals surface area contributed by atoms with Gasteiger partial charge in [0.05, 0.1) is 0 Å². The first kappa shape index (κ1) is 9.55. The molecule has 0 radical (unpaired) electrons. The number of fused-ring (bicyclic) bond motifs is 1. The minimum absolute atomic E-state index is 0.929. The summed E-state index contributed by atoms with van der Waals surface area (Å²) in [4.78, 5) is 0. The summed E-state index contributed by atoms with van der Waals surface area (Å²) in [6.07, 6.45) is 10.7. The molecule has 0 heteroatoms. The largest absolute Gasteiger partial charge is 0.0628 e. The van der Waals surface area contributed by atoms with E-state index < -0.39 is 0 Å². The third-order valence-corrected chi connectivity index (χ3v) is 4.08. The summed E-state index contributed by atoms with van der Waals surface area (Å²) in [5, 5.41) is 0. The van der Waals surface area contributed by atoms with Crippen LogP contribution in [0.2, 0.25) is 0 Å². The molecular formula is C13H24. The third-order valence-electron chi connectivity index (χ3n) is 4.08. The van der Waals surface area contributed by atoms with Crippen LogP contribution in [0.25, 0.3) is 0 Å². The van der Waals surface area contributed by atoms with Crippen LogP contribution in [0.4, 0.5) is 0 Å². The Morgan fingerprint density at radius 2 is 1.46 bits per heavy atom. The molecule has 0 saturated heterocycles. The van der Waals surface area contributed by atoms with Crippen molar-refractivity contribution in [1.29, 1.82) is 0 Å². The fourth-order valence-electron chi connectivity index (χ4n) is 3.39.